The van der Waals surface area contributed by atoms with E-state index in [1.165, 1.54) is 5.39 Å². The van der Waals surface area contributed by atoms with Crippen LogP contribution in [0.4, 0.5) is 5.82 Å². The molecular weight excluding hydrogens is 252 g/mol. The molecule has 0 saturated carbocycles. The topological polar surface area (TPSA) is 34.6 Å². The van der Waals surface area contributed by atoms with E-state index in [0.717, 1.165) is 37.3 Å². The average Bonchev–Trinajstić information content (AvgIpc) is 2.54. The Morgan fingerprint density at radius 1 is 1.00 bits per heavy atom. The number of benzene rings is 1. The molecular formula is C16H20N2O2. The molecule has 106 valence electrons. The van der Waals surface area contributed by atoms with E-state index < -0.39 is 5.79 Å². The second-order valence-electron chi connectivity index (χ2n) is 5.17. The fourth-order valence-electron chi connectivity index (χ4n) is 2.80. The van der Waals surface area contributed by atoms with Crippen LogP contribution in [0.3, 0.4) is 0 Å². The molecule has 0 spiro atoms. The molecule has 1 fully saturated rings. The van der Waals surface area contributed by atoms with Gasteiger partial charge in [-0.3, -0.25) is 0 Å². The molecule has 1 aliphatic heterocycles. The van der Waals surface area contributed by atoms with Gasteiger partial charge >= 0.3 is 0 Å². The first-order chi connectivity index (χ1) is 9.76. The first kappa shape index (κ1) is 13.3. The van der Waals surface area contributed by atoms with Crippen LogP contribution in [0.1, 0.15) is 12.8 Å². The van der Waals surface area contributed by atoms with Crippen LogP contribution in [0.15, 0.2) is 36.4 Å². The number of hydrogen-bond donors (Lipinski definition) is 0. The molecule has 3 rings (SSSR count). The van der Waals surface area contributed by atoms with E-state index in [4.69, 9.17) is 14.5 Å². The number of ether oxygens (including phenoxy) is 2. The number of fused-ring (bicyclic) bond motifs is 1. The van der Waals surface area contributed by atoms with Crippen molar-refractivity contribution in [3.05, 3.63) is 36.4 Å². The molecule has 0 radical (unpaired) electrons. The lowest BCUT2D eigenvalue weighted by Crippen LogP contribution is -2.47. The number of anilines is 1. The van der Waals surface area contributed by atoms with Crippen molar-refractivity contribution < 1.29 is 9.47 Å². The minimum absolute atomic E-state index is 0.423. The van der Waals surface area contributed by atoms with Gasteiger partial charge < -0.3 is 14.4 Å². The molecule has 0 unspecified atom stereocenters. The van der Waals surface area contributed by atoms with Crippen LogP contribution in [0.25, 0.3) is 10.9 Å². The summed E-state index contributed by atoms with van der Waals surface area (Å²) in [5.74, 6) is 0.609. The Morgan fingerprint density at radius 2 is 1.70 bits per heavy atom. The average molecular weight is 272 g/mol. The van der Waals surface area contributed by atoms with Gasteiger partial charge in [-0.15, -0.1) is 0 Å². The highest BCUT2D eigenvalue weighted by atomic mass is 16.7. The monoisotopic (exact) mass is 272 g/mol. The van der Waals surface area contributed by atoms with E-state index in [1.807, 2.05) is 12.1 Å². The Morgan fingerprint density at radius 3 is 2.40 bits per heavy atom. The number of rotatable bonds is 3. The molecule has 0 amide bonds. The van der Waals surface area contributed by atoms with E-state index in [9.17, 15) is 0 Å². The molecule has 1 aromatic heterocycles. The zero-order valence-electron chi connectivity index (χ0n) is 12.0. The van der Waals surface area contributed by atoms with Crippen LogP contribution in [0.5, 0.6) is 0 Å². The summed E-state index contributed by atoms with van der Waals surface area (Å²) in [6.07, 6.45) is 1.71. The SMILES string of the molecule is COC1(OC)CCN(c2ccc3ccccc3n2)CC1. The molecule has 1 aliphatic rings. The smallest absolute Gasteiger partial charge is 0.170 e. The van der Waals surface area contributed by atoms with E-state index >= 15 is 0 Å². The molecule has 1 aromatic carbocycles. The van der Waals surface area contributed by atoms with E-state index in [0.29, 0.717) is 0 Å². The number of pyridine rings is 1. The first-order valence-corrected chi connectivity index (χ1v) is 6.97. The van der Waals surface area contributed by atoms with Crippen molar-refractivity contribution in [3.63, 3.8) is 0 Å². The molecule has 4 nitrogen and oxygen atoms in total. The van der Waals surface area contributed by atoms with Crippen LogP contribution in [-0.2, 0) is 9.47 Å². The lowest BCUT2D eigenvalue weighted by molar-refractivity contribution is -0.216. The van der Waals surface area contributed by atoms with E-state index in [1.54, 1.807) is 14.2 Å². The second kappa shape index (κ2) is 5.38. The number of hydrogen-bond acceptors (Lipinski definition) is 4. The third-order valence-corrected chi connectivity index (χ3v) is 4.18. The van der Waals surface area contributed by atoms with Crippen LogP contribution >= 0.6 is 0 Å². The minimum atomic E-state index is -0.423. The van der Waals surface area contributed by atoms with E-state index in [-0.39, 0.29) is 0 Å². The molecule has 4 heteroatoms. The summed E-state index contributed by atoms with van der Waals surface area (Å²) >= 11 is 0. The van der Waals surface area contributed by atoms with Crippen LogP contribution in [-0.4, -0.2) is 38.1 Å². The lowest BCUT2D eigenvalue weighted by Gasteiger charge is -2.40. The van der Waals surface area contributed by atoms with Crippen molar-refractivity contribution in [2.24, 2.45) is 0 Å². The van der Waals surface area contributed by atoms with Gasteiger partial charge in [-0.1, -0.05) is 18.2 Å². The standard InChI is InChI=1S/C16H20N2O2/c1-19-16(20-2)9-11-18(12-10-16)15-8-7-13-5-3-4-6-14(13)17-15/h3-8H,9-12H2,1-2H3. The molecule has 1 saturated heterocycles. The number of aromatic nitrogens is 1. The van der Waals surface area contributed by atoms with E-state index in [2.05, 4.69) is 29.2 Å². The molecule has 0 atom stereocenters. The number of nitrogens with zero attached hydrogens (tertiary/aromatic N) is 2. The number of piperidine rings is 1. The highest BCUT2D eigenvalue weighted by Crippen LogP contribution is 2.29. The van der Waals surface area contributed by atoms with Crippen molar-refractivity contribution in [2.45, 2.75) is 18.6 Å². The summed E-state index contributed by atoms with van der Waals surface area (Å²) < 4.78 is 11.0. The number of methoxy groups -OCH3 is 2. The van der Waals surface area contributed by atoms with Crippen molar-refractivity contribution in [1.82, 2.24) is 4.98 Å². The predicted molar refractivity (Wildman–Crippen MR) is 79.9 cm³/mol. The van der Waals surface area contributed by atoms with Gasteiger partial charge in [-0.05, 0) is 18.2 Å². The fraction of sp³-hybridized carbons (Fsp3) is 0.438. The van der Waals surface area contributed by atoms with Crippen molar-refractivity contribution in [3.8, 4) is 0 Å². The Kier molecular flexibility index (Phi) is 3.59. The summed E-state index contributed by atoms with van der Waals surface area (Å²) in [7, 11) is 3.43. The Bertz CT molecular complexity index is 586. The predicted octanol–water partition coefficient (Wildman–Crippen LogP) is 2.82. The largest absolute Gasteiger partial charge is 0.356 e. The minimum Gasteiger partial charge on any atom is -0.356 e. The summed E-state index contributed by atoms with van der Waals surface area (Å²) in [6, 6.07) is 12.4. The molecule has 2 heterocycles. The first-order valence-electron chi connectivity index (χ1n) is 6.97. The van der Waals surface area contributed by atoms with Gasteiger partial charge in [0.15, 0.2) is 5.79 Å². The summed E-state index contributed by atoms with van der Waals surface area (Å²) in [5.41, 5.74) is 1.04. The molecule has 20 heavy (non-hydrogen) atoms. The molecule has 0 bridgehead atoms. The van der Waals surface area contributed by atoms with Crippen molar-refractivity contribution in [2.75, 3.05) is 32.2 Å². The van der Waals surface area contributed by atoms with Gasteiger partial charge in [0.25, 0.3) is 0 Å². The van der Waals surface area contributed by atoms with Crippen LogP contribution in [0.2, 0.25) is 0 Å². The highest BCUT2D eigenvalue weighted by molar-refractivity contribution is 5.80. The zero-order valence-corrected chi connectivity index (χ0v) is 12.0. The maximum absolute atomic E-state index is 5.51. The third kappa shape index (κ3) is 2.37. The van der Waals surface area contributed by atoms with Gasteiger partial charge in [0.2, 0.25) is 0 Å². The number of para-hydroxylation sites is 1. The van der Waals surface area contributed by atoms with Crippen LogP contribution in [0, 0.1) is 0 Å². The summed E-state index contributed by atoms with van der Waals surface area (Å²) in [6.45, 7) is 1.79. The van der Waals surface area contributed by atoms with Gasteiger partial charge in [-0.2, -0.15) is 0 Å². The fourth-order valence-corrected chi connectivity index (χ4v) is 2.80. The van der Waals surface area contributed by atoms with Crippen LogP contribution < -0.4 is 4.90 Å². The maximum atomic E-state index is 5.51. The van der Waals surface area contributed by atoms with Gasteiger partial charge in [0.1, 0.15) is 5.82 Å². The second-order valence-corrected chi connectivity index (χ2v) is 5.17. The molecule has 2 aromatic rings. The van der Waals surface area contributed by atoms with Crippen molar-refractivity contribution in [1.29, 1.82) is 0 Å². The normalized spacial score (nSPS) is 18.4. The maximum Gasteiger partial charge on any atom is 0.170 e. The molecule has 0 N–H and O–H groups in total. The van der Waals surface area contributed by atoms with Gasteiger partial charge in [0.05, 0.1) is 5.52 Å². The summed E-state index contributed by atoms with van der Waals surface area (Å²) in [5, 5.41) is 1.18. The van der Waals surface area contributed by atoms with Crippen molar-refractivity contribution >= 4 is 16.7 Å². The lowest BCUT2D eigenvalue weighted by atomic mass is 10.0. The highest BCUT2D eigenvalue weighted by Gasteiger charge is 2.34. The van der Waals surface area contributed by atoms with Gasteiger partial charge in [0, 0.05) is 45.5 Å². The van der Waals surface area contributed by atoms with Gasteiger partial charge in [-0.25, -0.2) is 4.98 Å². The summed E-state index contributed by atoms with van der Waals surface area (Å²) in [4.78, 5) is 7.04. The third-order valence-electron chi connectivity index (χ3n) is 4.18. The Balaban J connectivity index is 1.79. The Labute approximate surface area is 119 Å². The Hall–Kier alpha value is -1.65. The molecule has 0 aliphatic carbocycles. The zero-order chi connectivity index (χ0) is 14.0. The quantitative estimate of drug-likeness (QED) is 0.805.